The normalized spacial score (nSPS) is 11.5. The molecule has 8 nitrogen and oxygen atoms in total. The lowest BCUT2D eigenvalue weighted by Gasteiger charge is -2.09. The number of benzene rings is 4. The van der Waals surface area contributed by atoms with Crippen LogP contribution in [0.25, 0.3) is 60.0 Å². The first-order valence-electron chi connectivity index (χ1n) is 12.3. The molecule has 0 saturated heterocycles. The smallest absolute Gasteiger partial charge is 0.421 e. The minimum absolute atomic E-state index is 0.140. The van der Waals surface area contributed by atoms with Crippen molar-refractivity contribution in [2.75, 3.05) is 0 Å². The summed E-state index contributed by atoms with van der Waals surface area (Å²) in [6, 6.07) is 27.9. The monoisotopic (exact) mass is 561 g/mol. The van der Waals surface area contributed by atoms with Gasteiger partial charge in [-0.05, 0) is 47.5 Å². The summed E-state index contributed by atoms with van der Waals surface area (Å²) in [4.78, 5) is 31.9. The Morgan fingerprint density at radius 1 is 0.725 bits per heavy atom. The fraction of sp³-hybridized carbons (Fsp3) is 0. The van der Waals surface area contributed by atoms with Crippen molar-refractivity contribution in [3.63, 3.8) is 0 Å². The molecular weight excluding hydrogens is 545 g/mol. The van der Waals surface area contributed by atoms with Crippen molar-refractivity contribution in [1.29, 1.82) is 0 Å². The summed E-state index contributed by atoms with van der Waals surface area (Å²) in [6.07, 6.45) is 0. The Morgan fingerprint density at radius 2 is 1.45 bits per heavy atom. The van der Waals surface area contributed by atoms with Crippen molar-refractivity contribution in [2.45, 2.75) is 0 Å². The number of aromatic nitrogens is 5. The molecule has 7 aromatic rings. The number of hydrogen-bond acceptors (Lipinski definition) is 8. The van der Waals surface area contributed by atoms with E-state index in [9.17, 15) is 14.8 Å². The molecule has 0 unspecified atom stereocenters. The lowest BCUT2D eigenvalue weighted by molar-refractivity contribution is 0.422. The van der Waals surface area contributed by atoms with E-state index in [1.165, 1.54) is 11.3 Å². The molecule has 0 atom stereocenters. The first kappa shape index (κ1) is 24.6. The van der Waals surface area contributed by atoms with Gasteiger partial charge in [-0.25, -0.2) is 19.9 Å². The van der Waals surface area contributed by atoms with Crippen LogP contribution in [0.2, 0.25) is 5.02 Å². The third kappa shape index (κ3) is 4.23. The van der Waals surface area contributed by atoms with E-state index in [4.69, 9.17) is 16.6 Å². The second kappa shape index (κ2) is 9.62. The van der Waals surface area contributed by atoms with Gasteiger partial charge in [0.15, 0.2) is 22.3 Å². The van der Waals surface area contributed by atoms with Gasteiger partial charge in [0.05, 0.1) is 21.1 Å². The summed E-state index contributed by atoms with van der Waals surface area (Å²) < 4.78 is 2.53. The molecule has 40 heavy (non-hydrogen) atoms. The summed E-state index contributed by atoms with van der Waals surface area (Å²) in [5, 5.41) is 20.7. The quantitative estimate of drug-likeness (QED) is 0.302. The van der Waals surface area contributed by atoms with Gasteiger partial charge in [0.2, 0.25) is 0 Å². The summed E-state index contributed by atoms with van der Waals surface area (Å²) in [5.41, 5.74) is 4.15. The van der Waals surface area contributed by atoms with E-state index in [1.54, 1.807) is 22.6 Å². The molecule has 0 amide bonds. The fourth-order valence-electron chi connectivity index (χ4n) is 4.67. The van der Waals surface area contributed by atoms with Gasteiger partial charge in [0, 0.05) is 16.1 Å². The average Bonchev–Trinajstić information content (AvgIpc) is 3.34. The fourth-order valence-corrected chi connectivity index (χ4v) is 5.84. The first-order valence-corrected chi connectivity index (χ1v) is 13.5. The number of thiazole rings is 1. The minimum atomic E-state index is -1.85. The highest BCUT2D eigenvalue weighted by atomic mass is 35.5. The molecule has 4 aromatic carbocycles. The molecule has 192 valence electrons. The number of halogens is 1. The lowest BCUT2D eigenvalue weighted by Crippen LogP contribution is -2.36. The average molecular weight is 562 g/mol. The Morgan fingerprint density at radius 3 is 2.25 bits per heavy atom. The Balaban J connectivity index is 1.34. The molecule has 0 bridgehead atoms. The van der Waals surface area contributed by atoms with Crippen LogP contribution in [-0.4, -0.2) is 41.5 Å². The standard InChI is InChI=1S/C29H17BClN5O3S/c31-20-10-12-24-23(15-20)36-27(37)21-11-9-18(14-22(21)32-29(36)40-24)17-7-4-8-19(13-17)26-33-25(16-5-2-1-3-6-16)34-28(35-26)30(38)39/h1-15,38-39H. The van der Waals surface area contributed by atoms with Crippen LogP contribution in [-0.2, 0) is 0 Å². The SMILES string of the molecule is O=c1c2ccc(-c3cccc(-c4nc(B(O)O)nc(-c5ccccc5)n4)c3)cc2nc2sc3ccc(Cl)cc3n12. The van der Waals surface area contributed by atoms with E-state index in [0.29, 0.717) is 38.1 Å². The van der Waals surface area contributed by atoms with E-state index >= 15 is 0 Å². The molecule has 3 heterocycles. The molecule has 0 aliphatic carbocycles. The van der Waals surface area contributed by atoms with Gasteiger partial charge in [-0.2, -0.15) is 0 Å². The van der Waals surface area contributed by atoms with E-state index in [1.807, 2.05) is 72.8 Å². The zero-order valence-electron chi connectivity index (χ0n) is 20.6. The maximum absolute atomic E-state index is 13.4. The predicted octanol–water partition coefficient (Wildman–Crippen LogP) is 4.58. The van der Waals surface area contributed by atoms with Gasteiger partial charge in [-0.15, -0.1) is 0 Å². The predicted molar refractivity (Wildman–Crippen MR) is 159 cm³/mol. The van der Waals surface area contributed by atoms with Crippen LogP contribution in [0.1, 0.15) is 0 Å². The van der Waals surface area contributed by atoms with Crippen molar-refractivity contribution in [2.24, 2.45) is 0 Å². The largest absolute Gasteiger partial charge is 0.528 e. The van der Waals surface area contributed by atoms with Crippen LogP contribution in [0.3, 0.4) is 0 Å². The van der Waals surface area contributed by atoms with Crippen LogP contribution in [0, 0.1) is 0 Å². The number of fused-ring (bicyclic) bond motifs is 4. The van der Waals surface area contributed by atoms with Crippen LogP contribution in [0.15, 0.2) is 95.8 Å². The van der Waals surface area contributed by atoms with Crippen molar-refractivity contribution in [3.8, 4) is 33.9 Å². The van der Waals surface area contributed by atoms with Crippen LogP contribution >= 0.6 is 22.9 Å². The molecule has 0 fully saturated rings. The molecule has 0 aliphatic heterocycles. The second-order valence-corrected chi connectivity index (χ2v) is 10.6. The highest BCUT2D eigenvalue weighted by Crippen LogP contribution is 2.30. The molecule has 0 radical (unpaired) electrons. The van der Waals surface area contributed by atoms with Crippen LogP contribution in [0.5, 0.6) is 0 Å². The third-order valence-corrected chi connectivity index (χ3v) is 7.83. The summed E-state index contributed by atoms with van der Waals surface area (Å²) >= 11 is 7.62. The maximum atomic E-state index is 13.4. The summed E-state index contributed by atoms with van der Waals surface area (Å²) in [6.45, 7) is 0. The van der Waals surface area contributed by atoms with Gasteiger partial charge in [-0.3, -0.25) is 9.20 Å². The molecule has 3 aromatic heterocycles. The van der Waals surface area contributed by atoms with Gasteiger partial charge >= 0.3 is 7.12 Å². The van der Waals surface area contributed by atoms with Gasteiger partial charge in [-0.1, -0.05) is 77.5 Å². The Labute approximate surface area is 236 Å². The molecule has 11 heteroatoms. The Kier molecular flexibility index (Phi) is 5.90. The summed E-state index contributed by atoms with van der Waals surface area (Å²) in [7, 11) is -1.85. The van der Waals surface area contributed by atoms with Gasteiger partial charge < -0.3 is 10.0 Å². The van der Waals surface area contributed by atoms with Crippen LogP contribution < -0.4 is 11.3 Å². The van der Waals surface area contributed by atoms with E-state index in [2.05, 4.69) is 15.0 Å². The molecule has 0 aliphatic rings. The molecular formula is C29H17BClN5O3S. The van der Waals surface area contributed by atoms with Crippen molar-refractivity contribution in [3.05, 3.63) is 106 Å². The Hall–Kier alpha value is -4.48. The number of hydrogen-bond donors (Lipinski definition) is 2. The zero-order valence-corrected chi connectivity index (χ0v) is 22.1. The number of rotatable bonds is 4. The van der Waals surface area contributed by atoms with Crippen molar-refractivity contribution >= 4 is 61.9 Å². The first-order chi connectivity index (χ1) is 19.4. The summed E-state index contributed by atoms with van der Waals surface area (Å²) in [5.74, 6) is 0.643. The maximum Gasteiger partial charge on any atom is 0.528 e. The van der Waals surface area contributed by atoms with E-state index < -0.39 is 7.12 Å². The third-order valence-electron chi connectivity index (χ3n) is 6.57. The van der Waals surface area contributed by atoms with Gasteiger partial charge in [0.1, 0.15) is 0 Å². The van der Waals surface area contributed by atoms with Crippen molar-refractivity contribution < 1.29 is 10.0 Å². The topological polar surface area (TPSA) is 114 Å². The molecule has 0 saturated carbocycles. The molecule has 2 N–H and O–H groups in total. The van der Waals surface area contributed by atoms with Gasteiger partial charge in [0.25, 0.3) is 5.56 Å². The zero-order chi connectivity index (χ0) is 27.4. The molecule has 0 spiro atoms. The van der Waals surface area contributed by atoms with Crippen molar-refractivity contribution in [1.82, 2.24) is 24.3 Å². The highest BCUT2D eigenvalue weighted by molar-refractivity contribution is 7.23. The molecule has 7 rings (SSSR count). The second-order valence-electron chi connectivity index (χ2n) is 9.14. The Bertz CT molecular complexity index is 2150. The minimum Gasteiger partial charge on any atom is -0.421 e. The van der Waals surface area contributed by atoms with Crippen LogP contribution in [0.4, 0.5) is 0 Å². The van der Waals surface area contributed by atoms with E-state index in [-0.39, 0.29) is 11.3 Å². The number of nitrogens with zero attached hydrogens (tertiary/aromatic N) is 5. The lowest BCUT2D eigenvalue weighted by atomic mass is 9.90. The van der Waals surface area contributed by atoms with E-state index in [0.717, 1.165) is 26.9 Å². The highest BCUT2D eigenvalue weighted by Gasteiger charge is 2.20.